The van der Waals surface area contributed by atoms with Gasteiger partial charge in [0.1, 0.15) is 0 Å². The second-order valence-electron chi connectivity index (χ2n) is 5.20. The molecule has 1 amide bonds. The lowest BCUT2D eigenvalue weighted by Crippen LogP contribution is -2.43. The van der Waals surface area contributed by atoms with Crippen molar-refractivity contribution in [2.75, 3.05) is 20.1 Å². The number of carbonyl (C=O) groups is 1. The second kappa shape index (κ2) is 5.15. The number of nitrogens with one attached hydrogen (secondary N) is 2. The number of nitrogens with zero attached hydrogens (tertiary/aromatic N) is 1. The lowest BCUT2D eigenvalue weighted by molar-refractivity contribution is -0.128. The van der Waals surface area contributed by atoms with Crippen molar-refractivity contribution in [2.45, 2.75) is 50.7 Å². The summed E-state index contributed by atoms with van der Waals surface area (Å²) < 4.78 is 0. The molecule has 0 saturated carbocycles. The molecule has 0 bridgehead atoms. The molecule has 16 heavy (non-hydrogen) atoms. The van der Waals surface area contributed by atoms with E-state index in [1.54, 1.807) is 0 Å². The molecule has 2 rings (SSSR count). The van der Waals surface area contributed by atoms with Gasteiger partial charge in [0.05, 0.1) is 6.04 Å². The van der Waals surface area contributed by atoms with Crippen LogP contribution < -0.4 is 10.6 Å². The van der Waals surface area contributed by atoms with Crippen molar-refractivity contribution in [3.63, 3.8) is 0 Å². The van der Waals surface area contributed by atoms with E-state index in [2.05, 4.69) is 17.6 Å². The molecule has 2 N–H and O–H groups in total. The molecule has 0 aromatic carbocycles. The van der Waals surface area contributed by atoms with Crippen molar-refractivity contribution < 1.29 is 4.79 Å². The summed E-state index contributed by atoms with van der Waals surface area (Å²) in [4.78, 5) is 13.5. The van der Waals surface area contributed by atoms with Gasteiger partial charge in [-0.15, -0.1) is 0 Å². The van der Waals surface area contributed by atoms with Crippen molar-refractivity contribution in [1.82, 2.24) is 15.5 Å². The number of likely N-dealkylation sites (tertiary alicyclic amines) is 1. The molecule has 3 unspecified atom stereocenters. The minimum Gasteiger partial charge on any atom is -0.344 e. The van der Waals surface area contributed by atoms with Gasteiger partial charge in [-0.1, -0.05) is 0 Å². The van der Waals surface area contributed by atoms with E-state index >= 15 is 0 Å². The maximum atomic E-state index is 11.7. The molecule has 2 fully saturated rings. The van der Waals surface area contributed by atoms with E-state index in [0.29, 0.717) is 12.1 Å². The molecule has 0 radical (unpaired) electrons. The highest BCUT2D eigenvalue weighted by Gasteiger charge is 2.30. The smallest absolute Gasteiger partial charge is 0.239 e. The minimum absolute atomic E-state index is 0.0569. The molecule has 4 nitrogen and oxygen atoms in total. The van der Waals surface area contributed by atoms with E-state index in [9.17, 15) is 4.79 Å². The highest BCUT2D eigenvalue weighted by molar-refractivity contribution is 5.83. The van der Waals surface area contributed by atoms with Crippen LogP contribution in [-0.4, -0.2) is 49.1 Å². The Bertz CT molecular complexity index is 251. The van der Waals surface area contributed by atoms with Crippen LogP contribution in [0.3, 0.4) is 0 Å². The molecule has 2 saturated heterocycles. The lowest BCUT2D eigenvalue weighted by Gasteiger charge is -2.21. The molecule has 2 aliphatic rings. The van der Waals surface area contributed by atoms with Crippen LogP contribution in [0.2, 0.25) is 0 Å². The van der Waals surface area contributed by atoms with Gasteiger partial charge in [0.2, 0.25) is 5.91 Å². The average molecular weight is 225 g/mol. The Hall–Kier alpha value is -0.610. The first kappa shape index (κ1) is 11.9. The monoisotopic (exact) mass is 225 g/mol. The summed E-state index contributed by atoms with van der Waals surface area (Å²) >= 11 is 0. The number of rotatable bonds is 4. The maximum absolute atomic E-state index is 11.7. The van der Waals surface area contributed by atoms with Gasteiger partial charge >= 0.3 is 0 Å². The van der Waals surface area contributed by atoms with Gasteiger partial charge in [-0.3, -0.25) is 4.79 Å². The number of likely N-dealkylation sites (N-methyl/N-ethyl adjacent to an activating group) is 1. The van der Waals surface area contributed by atoms with E-state index in [1.807, 2.05) is 11.9 Å². The van der Waals surface area contributed by atoms with Crippen LogP contribution in [0.5, 0.6) is 0 Å². The maximum Gasteiger partial charge on any atom is 0.239 e. The van der Waals surface area contributed by atoms with Gasteiger partial charge in [-0.25, -0.2) is 0 Å². The Labute approximate surface area is 97.8 Å². The standard InChI is InChI=1S/C12H23N3O/c1-9(8-10-4-3-6-13-10)14-11-5-7-15(2)12(11)16/h9-11,13-14H,3-8H2,1-2H3. The quantitative estimate of drug-likeness (QED) is 0.725. The van der Waals surface area contributed by atoms with Gasteiger partial charge < -0.3 is 15.5 Å². The van der Waals surface area contributed by atoms with Crippen LogP contribution in [0.25, 0.3) is 0 Å². The van der Waals surface area contributed by atoms with Crippen molar-refractivity contribution in [2.24, 2.45) is 0 Å². The summed E-state index contributed by atoms with van der Waals surface area (Å²) in [5.41, 5.74) is 0. The zero-order valence-electron chi connectivity index (χ0n) is 10.3. The van der Waals surface area contributed by atoms with E-state index < -0.39 is 0 Å². The number of hydrogen-bond acceptors (Lipinski definition) is 3. The first-order valence-electron chi connectivity index (χ1n) is 6.41. The van der Waals surface area contributed by atoms with Crippen LogP contribution in [-0.2, 0) is 4.79 Å². The average Bonchev–Trinajstić information content (AvgIpc) is 2.83. The summed E-state index contributed by atoms with van der Waals surface area (Å²) in [7, 11) is 1.88. The fourth-order valence-corrected chi connectivity index (χ4v) is 2.77. The predicted octanol–water partition coefficient (Wildman–Crippen LogP) is 0.337. The van der Waals surface area contributed by atoms with Gasteiger partial charge in [0, 0.05) is 25.7 Å². The van der Waals surface area contributed by atoms with Gasteiger partial charge in [-0.05, 0) is 39.2 Å². The van der Waals surface area contributed by atoms with Crippen molar-refractivity contribution in [1.29, 1.82) is 0 Å². The Kier molecular flexibility index (Phi) is 3.82. The molecule has 0 aliphatic carbocycles. The second-order valence-corrected chi connectivity index (χ2v) is 5.20. The fourth-order valence-electron chi connectivity index (χ4n) is 2.77. The summed E-state index contributed by atoms with van der Waals surface area (Å²) in [6.45, 7) is 4.24. The molecule has 92 valence electrons. The minimum atomic E-state index is 0.0569. The molecular weight excluding hydrogens is 202 g/mol. The van der Waals surface area contributed by atoms with Crippen LogP contribution in [0, 0.1) is 0 Å². The van der Waals surface area contributed by atoms with Crippen LogP contribution in [0.1, 0.15) is 32.6 Å². The van der Waals surface area contributed by atoms with Crippen molar-refractivity contribution in [3.8, 4) is 0 Å². The van der Waals surface area contributed by atoms with Crippen molar-refractivity contribution >= 4 is 5.91 Å². The van der Waals surface area contributed by atoms with Crippen molar-refractivity contribution in [3.05, 3.63) is 0 Å². The normalized spacial score (nSPS) is 32.4. The number of carbonyl (C=O) groups excluding carboxylic acids is 1. The molecule has 4 heteroatoms. The van der Waals surface area contributed by atoms with Gasteiger partial charge in [0.15, 0.2) is 0 Å². The number of hydrogen-bond donors (Lipinski definition) is 2. The first-order chi connectivity index (χ1) is 7.66. The summed E-state index contributed by atoms with van der Waals surface area (Å²) in [6.07, 6.45) is 4.66. The Balaban J connectivity index is 1.74. The summed E-state index contributed by atoms with van der Waals surface area (Å²) in [6, 6.07) is 1.13. The first-order valence-corrected chi connectivity index (χ1v) is 6.41. The highest BCUT2D eigenvalue weighted by atomic mass is 16.2. The van der Waals surface area contributed by atoms with Crippen LogP contribution >= 0.6 is 0 Å². The lowest BCUT2D eigenvalue weighted by atomic mass is 10.1. The Morgan fingerprint density at radius 1 is 1.56 bits per heavy atom. The number of amides is 1. The summed E-state index contributed by atoms with van der Waals surface area (Å²) in [5, 5.41) is 6.95. The van der Waals surface area contributed by atoms with E-state index in [1.165, 1.54) is 12.8 Å². The van der Waals surface area contributed by atoms with Gasteiger partial charge in [-0.2, -0.15) is 0 Å². The Morgan fingerprint density at radius 2 is 2.38 bits per heavy atom. The largest absolute Gasteiger partial charge is 0.344 e. The third kappa shape index (κ3) is 2.74. The van der Waals surface area contributed by atoms with E-state index in [-0.39, 0.29) is 11.9 Å². The predicted molar refractivity (Wildman–Crippen MR) is 64.3 cm³/mol. The zero-order chi connectivity index (χ0) is 11.5. The molecule has 3 atom stereocenters. The third-order valence-electron chi connectivity index (χ3n) is 3.71. The molecule has 0 aromatic rings. The highest BCUT2D eigenvalue weighted by Crippen LogP contribution is 2.14. The fraction of sp³-hybridized carbons (Fsp3) is 0.917. The molecule has 0 spiro atoms. The Morgan fingerprint density at radius 3 is 2.94 bits per heavy atom. The van der Waals surface area contributed by atoms with E-state index in [4.69, 9.17) is 0 Å². The van der Waals surface area contributed by atoms with E-state index in [0.717, 1.165) is 25.9 Å². The molecule has 2 heterocycles. The zero-order valence-corrected chi connectivity index (χ0v) is 10.3. The third-order valence-corrected chi connectivity index (χ3v) is 3.71. The SMILES string of the molecule is CC(CC1CCCN1)NC1CCN(C)C1=O. The van der Waals surface area contributed by atoms with Crippen LogP contribution in [0.4, 0.5) is 0 Å². The topological polar surface area (TPSA) is 44.4 Å². The van der Waals surface area contributed by atoms with Gasteiger partial charge in [0.25, 0.3) is 0 Å². The molecule has 0 aromatic heterocycles. The van der Waals surface area contributed by atoms with Crippen LogP contribution in [0.15, 0.2) is 0 Å². The molecule has 2 aliphatic heterocycles. The molecular formula is C12H23N3O. The summed E-state index contributed by atoms with van der Waals surface area (Å²) in [5.74, 6) is 0.256.